The molecule has 0 aromatic heterocycles. The zero-order valence-electron chi connectivity index (χ0n) is 9.21. The molecule has 0 saturated carbocycles. The number of nitrogens with zero attached hydrogens (tertiary/aromatic N) is 1. The molecular formula is C10H22NO2+. The van der Waals surface area contributed by atoms with Gasteiger partial charge in [-0.3, -0.25) is 0 Å². The van der Waals surface area contributed by atoms with Gasteiger partial charge in [-0.05, 0) is 6.92 Å². The number of aliphatic hydroxyl groups excluding tert-OH is 1. The van der Waals surface area contributed by atoms with Crippen LogP contribution in [-0.4, -0.2) is 56.6 Å². The molecule has 0 rings (SSSR count). The topological polar surface area (TPSA) is 29.5 Å². The van der Waals surface area contributed by atoms with E-state index < -0.39 is 0 Å². The minimum atomic E-state index is -0.389. The van der Waals surface area contributed by atoms with E-state index >= 15 is 0 Å². The number of hydrogen-bond donors (Lipinski definition) is 1. The van der Waals surface area contributed by atoms with Gasteiger partial charge in [-0.25, -0.2) is 0 Å². The lowest BCUT2D eigenvalue weighted by molar-refractivity contribution is -0.873. The van der Waals surface area contributed by atoms with E-state index in [1.807, 2.05) is 28.1 Å². The molecule has 1 atom stereocenters. The van der Waals surface area contributed by atoms with Crippen molar-refractivity contribution in [1.29, 1.82) is 0 Å². The smallest absolute Gasteiger partial charge is 0.126 e. The van der Waals surface area contributed by atoms with E-state index in [1.165, 1.54) is 0 Å². The molecule has 0 radical (unpaired) electrons. The van der Waals surface area contributed by atoms with Crippen molar-refractivity contribution >= 4 is 0 Å². The summed E-state index contributed by atoms with van der Waals surface area (Å²) in [5.74, 6) is 0. The maximum Gasteiger partial charge on any atom is 0.126 e. The second-order valence-electron chi connectivity index (χ2n) is 4.60. The van der Waals surface area contributed by atoms with Crippen molar-refractivity contribution in [3.05, 3.63) is 12.2 Å². The van der Waals surface area contributed by atoms with Crippen LogP contribution in [0.4, 0.5) is 0 Å². The molecule has 0 saturated heterocycles. The van der Waals surface area contributed by atoms with Crippen LogP contribution in [0.1, 0.15) is 6.92 Å². The lowest BCUT2D eigenvalue weighted by atomic mass is 10.3. The zero-order chi connectivity index (χ0) is 10.5. The Morgan fingerprint density at radius 3 is 2.38 bits per heavy atom. The van der Waals surface area contributed by atoms with Crippen LogP contribution in [0.2, 0.25) is 0 Å². The highest BCUT2D eigenvalue weighted by atomic mass is 16.5. The van der Waals surface area contributed by atoms with Crippen molar-refractivity contribution in [2.75, 3.05) is 40.9 Å². The van der Waals surface area contributed by atoms with Crippen LogP contribution in [0, 0.1) is 0 Å². The van der Waals surface area contributed by atoms with Crippen molar-refractivity contribution in [3.63, 3.8) is 0 Å². The summed E-state index contributed by atoms with van der Waals surface area (Å²) >= 11 is 0. The summed E-state index contributed by atoms with van der Waals surface area (Å²) in [5, 5.41) is 9.53. The maximum atomic E-state index is 9.53. The summed E-state index contributed by atoms with van der Waals surface area (Å²) < 4.78 is 5.99. The van der Waals surface area contributed by atoms with Crippen LogP contribution in [-0.2, 0) is 4.74 Å². The van der Waals surface area contributed by atoms with Crippen LogP contribution in [0.5, 0.6) is 0 Å². The van der Waals surface area contributed by atoms with Gasteiger partial charge < -0.3 is 14.3 Å². The number of aliphatic hydroxyl groups is 1. The van der Waals surface area contributed by atoms with Crippen LogP contribution < -0.4 is 0 Å². The van der Waals surface area contributed by atoms with Crippen molar-refractivity contribution in [2.45, 2.75) is 13.0 Å². The van der Waals surface area contributed by atoms with Crippen molar-refractivity contribution < 1.29 is 14.3 Å². The van der Waals surface area contributed by atoms with Gasteiger partial charge >= 0.3 is 0 Å². The number of hydrogen-bond acceptors (Lipinski definition) is 2. The first kappa shape index (κ1) is 12.6. The molecule has 0 aliphatic carbocycles. The summed E-state index contributed by atoms with van der Waals surface area (Å²) in [7, 11) is 6.13. The van der Waals surface area contributed by atoms with Gasteiger partial charge in [-0.15, -0.1) is 0 Å². The molecule has 0 bridgehead atoms. The Balaban J connectivity index is 3.52. The van der Waals surface area contributed by atoms with E-state index in [4.69, 9.17) is 4.74 Å². The third kappa shape index (κ3) is 9.53. The van der Waals surface area contributed by atoms with Gasteiger partial charge in [-0.2, -0.15) is 0 Å². The Morgan fingerprint density at radius 2 is 2.00 bits per heavy atom. The molecule has 1 N–H and O–H groups in total. The largest absolute Gasteiger partial charge is 0.385 e. The summed E-state index contributed by atoms with van der Waals surface area (Å²) in [5.41, 5.74) is 0.984. The minimum Gasteiger partial charge on any atom is -0.385 e. The Labute approximate surface area is 81.2 Å². The predicted octanol–water partition coefficient (Wildman–Crippen LogP) is 0.646. The highest BCUT2D eigenvalue weighted by Crippen LogP contribution is 1.97. The van der Waals surface area contributed by atoms with E-state index in [-0.39, 0.29) is 6.10 Å². The summed E-state index contributed by atoms with van der Waals surface area (Å²) in [6.07, 6.45) is -0.389. The van der Waals surface area contributed by atoms with Crippen LogP contribution in [0.15, 0.2) is 12.2 Å². The molecule has 0 heterocycles. The standard InChI is InChI=1S/C10H22NO2/c1-9(2)7-13-8-10(12)6-11(3,4)5/h10,12H,1,6-8H2,2-5H3/q+1. The monoisotopic (exact) mass is 188 g/mol. The van der Waals surface area contributed by atoms with E-state index in [0.717, 1.165) is 10.1 Å². The normalized spacial score (nSPS) is 14.2. The molecule has 0 spiro atoms. The Kier molecular flexibility index (Phi) is 5.21. The van der Waals surface area contributed by atoms with E-state index in [0.29, 0.717) is 19.8 Å². The first-order valence-corrected chi connectivity index (χ1v) is 4.52. The van der Waals surface area contributed by atoms with E-state index in [9.17, 15) is 5.11 Å². The van der Waals surface area contributed by atoms with Gasteiger partial charge in [0.05, 0.1) is 34.4 Å². The fraction of sp³-hybridized carbons (Fsp3) is 0.800. The quantitative estimate of drug-likeness (QED) is 0.490. The van der Waals surface area contributed by atoms with Crippen LogP contribution in [0.25, 0.3) is 0 Å². The molecule has 0 aliphatic rings. The first-order chi connectivity index (χ1) is 5.81. The van der Waals surface area contributed by atoms with Gasteiger partial charge in [-0.1, -0.05) is 12.2 Å². The van der Waals surface area contributed by atoms with Gasteiger partial charge in [0.2, 0.25) is 0 Å². The van der Waals surface area contributed by atoms with Crippen LogP contribution in [0.3, 0.4) is 0 Å². The fourth-order valence-electron chi connectivity index (χ4n) is 1.05. The molecule has 3 heteroatoms. The molecule has 3 nitrogen and oxygen atoms in total. The summed E-state index contributed by atoms with van der Waals surface area (Å²) in [4.78, 5) is 0. The van der Waals surface area contributed by atoms with E-state index in [2.05, 4.69) is 6.58 Å². The third-order valence-corrected chi connectivity index (χ3v) is 1.42. The van der Waals surface area contributed by atoms with Gasteiger partial charge in [0.15, 0.2) is 0 Å². The van der Waals surface area contributed by atoms with Crippen molar-refractivity contribution in [3.8, 4) is 0 Å². The number of likely N-dealkylation sites (N-methyl/N-ethyl adjacent to an activating group) is 1. The zero-order valence-corrected chi connectivity index (χ0v) is 9.21. The van der Waals surface area contributed by atoms with Crippen LogP contribution >= 0.6 is 0 Å². The Hall–Kier alpha value is -0.380. The minimum absolute atomic E-state index is 0.389. The van der Waals surface area contributed by atoms with Crippen molar-refractivity contribution in [1.82, 2.24) is 0 Å². The average molecular weight is 188 g/mol. The van der Waals surface area contributed by atoms with Crippen molar-refractivity contribution in [2.24, 2.45) is 0 Å². The molecule has 13 heavy (non-hydrogen) atoms. The predicted molar refractivity (Wildman–Crippen MR) is 54.5 cm³/mol. The average Bonchev–Trinajstić information content (AvgIpc) is 1.81. The van der Waals surface area contributed by atoms with E-state index in [1.54, 1.807) is 0 Å². The third-order valence-electron chi connectivity index (χ3n) is 1.42. The lowest BCUT2D eigenvalue weighted by Crippen LogP contribution is -2.43. The molecule has 78 valence electrons. The molecule has 1 unspecified atom stereocenters. The molecule has 0 aromatic rings. The second-order valence-corrected chi connectivity index (χ2v) is 4.60. The molecule has 0 fully saturated rings. The van der Waals surface area contributed by atoms with Gasteiger partial charge in [0.1, 0.15) is 12.6 Å². The Bertz CT molecular complexity index is 161. The summed E-state index contributed by atoms with van der Waals surface area (Å²) in [6.45, 7) is 7.26. The lowest BCUT2D eigenvalue weighted by Gasteiger charge is -2.26. The number of rotatable bonds is 6. The maximum absolute atomic E-state index is 9.53. The number of quaternary nitrogens is 1. The summed E-state index contributed by atoms with van der Waals surface area (Å²) in [6, 6.07) is 0. The second kappa shape index (κ2) is 5.37. The fourth-order valence-corrected chi connectivity index (χ4v) is 1.05. The Morgan fingerprint density at radius 1 is 1.46 bits per heavy atom. The first-order valence-electron chi connectivity index (χ1n) is 4.52. The number of ether oxygens (including phenoxy) is 1. The van der Waals surface area contributed by atoms with Gasteiger partial charge in [0.25, 0.3) is 0 Å². The highest BCUT2D eigenvalue weighted by molar-refractivity contribution is 4.87. The van der Waals surface area contributed by atoms with Gasteiger partial charge in [0, 0.05) is 0 Å². The molecular weight excluding hydrogens is 166 g/mol. The molecule has 0 aliphatic heterocycles. The molecule has 0 aromatic carbocycles. The highest BCUT2D eigenvalue weighted by Gasteiger charge is 2.14. The molecule has 0 amide bonds. The SMILES string of the molecule is C=C(C)COCC(O)C[N+](C)(C)C.